The number of halogens is 1. The summed E-state index contributed by atoms with van der Waals surface area (Å²) in [6, 6.07) is 6.29. The van der Waals surface area contributed by atoms with Crippen LogP contribution in [-0.2, 0) is 6.42 Å². The van der Waals surface area contributed by atoms with Crippen molar-refractivity contribution in [3.8, 4) is 5.75 Å². The highest BCUT2D eigenvalue weighted by atomic mass is 127. The van der Waals surface area contributed by atoms with Crippen molar-refractivity contribution in [1.29, 1.82) is 0 Å². The summed E-state index contributed by atoms with van der Waals surface area (Å²) in [5.41, 5.74) is 6.88. The summed E-state index contributed by atoms with van der Waals surface area (Å²) < 4.78 is 6.98. The second-order valence-corrected chi connectivity index (χ2v) is 4.51. The monoisotopic (exact) mass is 289 g/mol. The molecule has 0 spiro atoms. The van der Waals surface area contributed by atoms with Crippen LogP contribution in [0.3, 0.4) is 0 Å². The van der Waals surface area contributed by atoms with E-state index in [1.807, 2.05) is 6.07 Å². The first-order valence-corrected chi connectivity index (χ1v) is 5.52. The van der Waals surface area contributed by atoms with E-state index in [9.17, 15) is 0 Å². The first-order chi connectivity index (χ1) is 6.29. The summed E-state index contributed by atoms with van der Waals surface area (Å²) in [4.78, 5) is 0. The van der Waals surface area contributed by atoms with Crippen molar-refractivity contribution in [3.05, 3.63) is 27.3 Å². The van der Waals surface area contributed by atoms with Crippen molar-refractivity contribution >= 4 is 22.6 Å². The number of ether oxygens (including phenoxy) is 1. The van der Waals surface area contributed by atoms with E-state index in [-0.39, 0.29) is 6.10 Å². The zero-order valence-corrected chi connectivity index (χ0v) is 9.45. The Hall–Kier alpha value is -0.290. The zero-order valence-electron chi connectivity index (χ0n) is 7.29. The number of nitrogens with two attached hydrogens (primary N) is 1. The van der Waals surface area contributed by atoms with Crippen molar-refractivity contribution in [2.24, 2.45) is 5.73 Å². The summed E-state index contributed by atoms with van der Waals surface area (Å²) in [5.74, 6) is 1.02. The van der Waals surface area contributed by atoms with E-state index in [2.05, 4.69) is 34.7 Å². The molecular formula is C10H12INO. The van der Waals surface area contributed by atoms with Crippen molar-refractivity contribution in [2.75, 3.05) is 6.54 Å². The van der Waals surface area contributed by atoms with Gasteiger partial charge in [-0.15, -0.1) is 0 Å². The van der Waals surface area contributed by atoms with Gasteiger partial charge in [-0.3, -0.25) is 0 Å². The molecule has 2 rings (SSSR count). The number of hydrogen-bond acceptors (Lipinski definition) is 2. The van der Waals surface area contributed by atoms with Crippen molar-refractivity contribution in [2.45, 2.75) is 18.9 Å². The second-order valence-electron chi connectivity index (χ2n) is 3.27. The number of aryl methyl sites for hydroxylation is 1. The summed E-state index contributed by atoms with van der Waals surface area (Å²) in [7, 11) is 0. The molecule has 0 fully saturated rings. The minimum absolute atomic E-state index is 0.215. The molecule has 70 valence electrons. The fourth-order valence-corrected chi connectivity index (χ4v) is 2.13. The largest absolute Gasteiger partial charge is 0.489 e. The average molecular weight is 289 g/mol. The van der Waals surface area contributed by atoms with E-state index < -0.39 is 0 Å². The Labute approximate surface area is 91.6 Å². The molecule has 0 aromatic heterocycles. The van der Waals surface area contributed by atoms with E-state index in [0.29, 0.717) is 6.54 Å². The van der Waals surface area contributed by atoms with Gasteiger partial charge in [0, 0.05) is 10.1 Å². The SMILES string of the molecule is NCC1CCc2cc(I)ccc2O1. The quantitative estimate of drug-likeness (QED) is 0.802. The van der Waals surface area contributed by atoms with Crippen LogP contribution in [-0.4, -0.2) is 12.6 Å². The first-order valence-electron chi connectivity index (χ1n) is 4.45. The molecule has 0 bridgehead atoms. The van der Waals surface area contributed by atoms with Crippen molar-refractivity contribution in [1.82, 2.24) is 0 Å². The third-order valence-corrected chi connectivity index (χ3v) is 2.99. The fourth-order valence-electron chi connectivity index (χ4n) is 1.58. The van der Waals surface area contributed by atoms with E-state index in [1.165, 1.54) is 9.13 Å². The Balaban J connectivity index is 2.26. The molecule has 1 aliphatic heterocycles. The Morgan fingerprint density at radius 1 is 1.54 bits per heavy atom. The Bertz CT molecular complexity index is 314. The molecule has 1 aliphatic rings. The lowest BCUT2D eigenvalue weighted by Gasteiger charge is -2.25. The van der Waals surface area contributed by atoms with Crippen LogP contribution < -0.4 is 10.5 Å². The summed E-state index contributed by atoms with van der Waals surface area (Å²) >= 11 is 2.32. The molecular weight excluding hydrogens is 277 g/mol. The molecule has 3 heteroatoms. The minimum Gasteiger partial charge on any atom is -0.489 e. The number of hydrogen-bond donors (Lipinski definition) is 1. The summed E-state index contributed by atoms with van der Waals surface area (Å²) in [5, 5.41) is 0. The lowest BCUT2D eigenvalue weighted by molar-refractivity contribution is 0.181. The Kier molecular flexibility index (Phi) is 2.74. The van der Waals surface area contributed by atoms with Crippen LogP contribution in [0.2, 0.25) is 0 Å². The molecule has 0 amide bonds. The van der Waals surface area contributed by atoms with Gasteiger partial charge >= 0.3 is 0 Å². The van der Waals surface area contributed by atoms with E-state index in [4.69, 9.17) is 10.5 Å². The molecule has 0 aliphatic carbocycles. The smallest absolute Gasteiger partial charge is 0.123 e. The number of rotatable bonds is 1. The Morgan fingerprint density at radius 3 is 3.15 bits per heavy atom. The molecule has 1 heterocycles. The van der Waals surface area contributed by atoms with Crippen LogP contribution in [0.4, 0.5) is 0 Å². The van der Waals surface area contributed by atoms with Gasteiger partial charge in [-0.1, -0.05) is 0 Å². The fraction of sp³-hybridized carbons (Fsp3) is 0.400. The van der Waals surface area contributed by atoms with E-state index >= 15 is 0 Å². The van der Waals surface area contributed by atoms with Gasteiger partial charge in [0.15, 0.2) is 0 Å². The predicted octanol–water partition coefficient (Wildman–Crippen LogP) is 1.94. The van der Waals surface area contributed by atoms with E-state index in [1.54, 1.807) is 0 Å². The van der Waals surface area contributed by atoms with Crippen LogP contribution in [0, 0.1) is 3.57 Å². The maximum Gasteiger partial charge on any atom is 0.123 e. The van der Waals surface area contributed by atoms with Crippen LogP contribution in [0.15, 0.2) is 18.2 Å². The van der Waals surface area contributed by atoms with Crippen LogP contribution in [0.1, 0.15) is 12.0 Å². The minimum atomic E-state index is 0.215. The molecule has 13 heavy (non-hydrogen) atoms. The van der Waals surface area contributed by atoms with Gasteiger partial charge in [-0.25, -0.2) is 0 Å². The van der Waals surface area contributed by atoms with Gasteiger partial charge in [0.25, 0.3) is 0 Å². The lowest BCUT2D eigenvalue weighted by Crippen LogP contribution is -2.30. The summed E-state index contributed by atoms with van der Waals surface area (Å²) in [6.07, 6.45) is 2.35. The molecule has 1 atom stereocenters. The first kappa shape index (κ1) is 9.27. The van der Waals surface area contributed by atoms with E-state index in [0.717, 1.165) is 18.6 Å². The standard InChI is InChI=1S/C10H12INO/c11-8-2-4-10-7(5-8)1-3-9(6-12)13-10/h2,4-5,9H,1,3,6,12H2. The molecule has 1 aromatic rings. The van der Waals surface area contributed by atoms with Crippen molar-refractivity contribution < 1.29 is 4.74 Å². The zero-order chi connectivity index (χ0) is 9.26. The van der Waals surface area contributed by atoms with Gasteiger partial charge < -0.3 is 10.5 Å². The highest BCUT2D eigenvalue weighted by Gasteiger charge is 2.17. The molecule has 0 saturated carbocycles. The molecule has 2 nitrogen and oxygen atoms in total. The normalized spacial score (nSPS) is 20.6. The highest BCUT2D eigenvalue weighted by Crippen LogP contribution is 2.28. The molecule has 0 saturated heterocycles. The van der Waals surface area contributed by atoms with Gasteiger partial charge in [0.05, 0.1) is 0 Å². The molecule has 1 unspecified atom stereocenters. The van der Waals surface area contributed by atoms with Crippen molar-refractivity contribution in [3.63, 3.8) is 0 Å². The van der Waals surface area contributed by atoms with Gasteiger partial charge in [0.1, 0.15) is 11.9 Å². The molecule has 0 radical (unpaired) electrons. The molecule has 2 N–H and O–H groups in total. The van der Waals surface area contributed by atoms with Crippen LogP contribution in [0.25, 0.3) is 0 Å². The number of benzene rings is 1. The molecule has 1 aromatic carbocycles. The third kappa shape index (κ3) is 1.96. The number of fused-ring (bicyclic) bond motifs is 1. The van der Waals surface area contributed by atoms with Gasteiger partial charge in [-0.2, -0.15) is 0 Å². The maximum atomic E-state index is 5.71. The maximum absolute atomic E-state index is 5.71. The lowest BCUT2D eigenvalue weighted by atomic mass is 10.0. The van der Waals surface area contributed by atoms with Gasteiger partial charge in [-0.05, 0) is 59.2 Å². The third-order valence-electron chi connectivity index (χ3n) is 2.31. The Morgan fingerprint density at radius 2 is 2.38 bits per heavy atom. The second kappa shape index (κ2) is 3.84. The highest BCUT2D eigenvalue weighted by molar-refractivity contribution is 14.1. The summed E-state index contributed by atoms with van der Waals surface area (Å²) in [6.45, 7) is 0.616. The van der Waals surface area contributed by atoms with Crippen LogP contribution in [0.5, 0.6) is 5.75 Å². The topological polar surface area (TPSA) is 35.2 Å². The average Bonchev–Trinajstić information content (AvgIpc) is 2.17. The predicted molar refractivity (Wildman–Crippen MR) is 61.0 cm³/mol. The van der Waals surface area contributed by atoms with Gasteiger partial charge in [0.2, 0.25) is 0 Å². The van der Waals surface area contributed by atoms with Crippen LogP contribution >= 0.6 is 22.6 Å².